The highest BCUT2D eigenvalue weighted by atomic mass is 35.5. The first kappa shape index (κ1) is 13.4. The summed E-state index contributed by atoms with van der Waals surface area (Å²) in [6.07, 6.45) is 3.42. The van der Waals surface area contributed by atoms with Crippen molar-refractivity contribution in [1.29, 1.82) is 0 Å². The Morgan fingerprint density at radius 2 is 2.16 bits per heavy atom. The number of carbonyl (C=O) groups excluding carboxylic acids is 1. The maximum Gasteiger partial charge on any atom is 0.256 e. The molecule has 0 saturated heterocycles. The number of nitrogens with zero attached hydrogens (tertiary/aromatic N) is 2. The first-order chi connectivity index (χ1) is 9.09. The Morgan fingerprint density at radius 1 is 1.37 bits per heavy atom. The van der Waals surface area contributed by atoms with Gasteiger partial charge in [0.05, 0.1) is 16.3 Å². The second-order valence-corrected chi connectivity index (χ2v) is 4.63. The Balaban J connectivity index is 2.18. The molecular weight excluding hydrogens is 262 g/mol. The molecule has 0 aliphatic heterocycles. The molecule has 19 heavy (non-hydrogen) atoms. The Hall–Kier alpha value is -2.07. The number of anilines is 1. The summed E-state index contributed by atoms with van der Waals surface area (Å²) < 4.78 is 0. The highest BCUT2D eigenvalue weighted by Gasteiger charge is 2.16. The van der Waals surface area contributed by atoms with Gasteiger partial charge in [-0.1, -0.05) is 23.7 Å². The van der Waals surface area contributed by atoms with Crippen molar-refractivity contribution in [2.75, 3.05) is 12.8 Å². The minimum absolute atomic E-state index is 0.163. The number of amides is 1. The lowest BCUT2D eigenvalue weighted by atomic mass is 10.1. The van der Waals surface area contributed by atoms with E-state index < -0.39 is 0 Å². The van der Waals surface area contributed by atoms with E-state index in [1.54, 1.807) is 42.5 Å². The number of hydrogen-bond donors (Lipinski definition) is 1. The number of benzene rings is 1. The summed E-state index contributed by atoms with van der Waals surface area (Å²) in [5.74, 6) is -0.163. The Kier molecular flexibility index (Phi) is 4.02. The number of hydrogen-bond acceptors (Lipinski definition) is 3. The van der Waals surface area contributed by atoms with Gasteiger partial charge < -0.3 is 10.6 Å². The van der Waals surface area contributed by atoms with Crippen molar-refractivity contribution in [3.05, 3.63) is 58.9 Å². The van der Waals surface area contributed by atoms with Gasteiger partial charge in [-0.05, 0) is 23.8 Å². The lowest BCUT2D eigenvalue weighted by Gasteiger charge is -2.18. The smallest absolute Gasteiger partial charge is 0.256 e. The third-order valence-corrected chi connectivity index (χ3v) is 3.10. The molecule has 0 atom stereocenters. The summed E-state index contributed by atoms with van der Waals surface area (Å²) in [5, 5.41) is 0.389. The molecule has 1 heterocycles. The fraction of sp³-hybridized carbons (Fsp3) is 0.143. The fourth-order valence-corrected chi connectivity index (χ4v) is 1.94. The molecule has 2 N–H and O–H groups in total. The molecule has 98 valence electrons. The van der Waals surface area contributed by atoms with Crippen LogP contribution in [0.15, 0.2) is 42.7 Å². The highest BCUT2D eigenvalue weighted by Crippen LogP contribution is 2.23. The van der Waals surface area contributed by atoms with Crippen LogP contribution in [0, 0.1) is 0 Å². The first-order valence-electron chi connectivity index (χ1n) is 5.78. The van der Waals surface area contributed by atoms with Crippen molar-refractivity contribution < 1.29 is 4.79 Å². The molecule has 0 aliphatic carbocycles. The number of halogens is 1. The number of carbonyl (C=O) groups is 1. The number of aromatic nitrogens is 1. The van der Waals surface area contributed by atoms with Gasteiger partial charge in [0.2, 0.25) is 0 Å². The van der Waals surface area contributed by atoms with E-state index in [2.05, 4.69) is 4.98 Å². The van der Waals surface area contributed by atoms with Crippen LogP contribution in [0.2, 0.25) is 5.02 Å². The van der Waals surface area contributed by atoms with Crippen LogP contribution in [-0.2, 0) is 6.54 Å². The Bertz CT molecular complexity index is 586. The van der Waals surface area contributed by atoms with E-state index in [9.17, 15) is 4.79 Å². The predicted octanol–water partition coefficient (Wildman–Crippen LogP) is 2.59. The normalized spacial score (nSPS) is 10.2. The van der Waals surface area contributed by atoms with Crippen LogP contribution in [-0.4, -0.2) is 22.8 Å². The van der Waals surface area contributed by atoms with E-state index in [4.69, 9.17) is 17.3 Å². The molecule has 0 radical (unpaired) electrons. The number of nitrogen functional groups attached to an aromatic ring is 1. The van der Waals surface area contributed by atoms with Gasteiger partial charge in [0.1, 0.15) is 0 Å². The predicted molar refractivity (Wildman–Crippen MR) is 75.9 cm³/mol. The fourth-order valence-electron chi connectivity index (χ4n) is 1.77. The van der Waals surface area contributed by atoms with Gasteiger partial charge in [0.15, 0.2) is 0 Å². The lowest BCUT2D eigenvalue weighted by molar-refractivity contribution is 0.0786. The third-order valence-electron chi connectivity index (χ3n) is 2.77. The first-order valence-corrected chi connectivity index (χ1v) is 6.15. The summed E-state index contributed by atoms with van der Waals surface area (Å²) in [6, 6.07) is 8.79. The van der Waals surface area contributed by atoms with Crippen molar-refractivity contribution in [3.63, 3.8) is 0 Å². The minimum Gasteiger partial charge on any atom is -0.397 e. The monoisotopic (exact) mass is 275 g/mol. The van der Waals surface area contributed by atoms with E-state index >= 15 is 0 Å². The molecule has 0 unspecified atom stereocenters. The van der Waals surface area contributed by atoms with Gasteiger partial charge in [-0.15, -0.1) is 0 Å². The maximum atomic E-state index is 12.3. The standard InChI is InChI=1S/C14H14ClN3O/c1-18(9-10-4-3-7-17-8-10)14(19)11-5-2-6-12(15)13(11)16/h2-8H,9,16H2,1H3. The maximum absolute atomic E-state index is 12.3. The zero-order valence-electron chi connectivity index (χ0n) is 10.5. The molecule has 2 aromatic rings. The summed E-state index contributed by atoms with van der Waals surface area (Å²) >= 11 is 5.92. The van der Waals surface area contributed by atoms with Crippen LogP contribution in [0.5, 0.6) is 0 Å². The van der Waals surface area contributed by atoms with Gasteiger partial charge in [0.25, 0.3) is 5.91 Å². The molecule has 5 heteroatoms. The number of para-hydroxylation sites is 1. The van der Waals surface area contributed by atoms with Crippen molar-refractivity contribution >= 4 is 23.2 Å². The van der Waals surface area contributed by atoms with Crippen molar-refractivity contribution in [2.45, 2.75) is 6.54 Å². The molecular formula is C14H14ClN3O. The van der Waals surface area contributed by atoms with E-state index in [0.717, 1.165) is 5.56 Å². The summed E-state index contributed by atoms with van der Waals surface area (Å²) in [4.78, 5) is 17.9. The Labute approximate surface area is 116 Å². The average Bonchev–Trinajstić information content (AvgIpc) is 2.42. The number of nitrogens with two attached hydrogens (primary N) is 1. The molecule has 2 rings (SSSR count). The summed E-state index contributed by atoms with van der Waals surface area (Å²) in [7, 11) is 1.72. The highest BCUT2D eigenvalue weighted by molar-refractivity contribution is 6.33. The second-order valence-electron chi connectivity index (χ2n) is 4.22. The van der Waals surface area contributed by atoms with Gasteiger partial charge in [-0.3, -0.25) is 9.78 Å². The molecule has 0 spiro atoms. The third kappa shape index (κ3) is 3.03. The number of pyridine rings is 1. The van der Waals surface area contributed by atoms with E-state index in [-0.39, 0.29) is 5.91 Å². The zero-order valence-corrected chi connectivity index (χ0v) is 11.3. The molecule has 4 nitrogen and oxygen atoms in total. The van der Waals surface area contributed by atoms with Crippen molar-refractivity contribution in [1.82, 2.24) is 9.88 Å². The molecule has 0 bridgehead atoms. The molecule has 1 aromatic carbocycles. The average molecular weight is 276 g/mol. The molecule has 0 aliphatic rings. The van der Waals surface area contributed by atoms with E-state index in [1.165, 1.54) is 0 Å². The van der Waals surface area contributed by atoms with E-state index in [0.29, 0.717) is 22.8 Å². The quantitative estimate of drug-likeness (QED) is 0.876. The van der Waals surface area contributed by atoms with Crippen LogP contribution in [0.4, 0.5) is 5.69 Å². The van der Waals surface area contributed by atoms with Gasteiger partial charge in [-0.2, -0.15) is 0 Å². The van der Waals surface area contributed by atoms with E-state index in [1.807, 2.05) is 12.1 Å². The molecule has 1 amide bonds. The van der Waals surface area contributed by atoms with Crippen LogP contribution >= 0.6 is 11.6 Å². The molecule has 0 fully saturated rings. The van der Waals surface area contributed by atoms with Crippen molar-refractivity contribution in [3.8, 4) is 0 Å². The van der Waals surface area contributed by atoms with Crippen LogP contribution in [0.25, 0.3) is 0 Å². The van der Waals surface area contributed by atoms with Gasteiger partial charge in [0, 0.05) is 26.0 Å². The SMILES string of the molecule is CN(Cc1cccnc1)C(=O)c1cccc(Cl)c1N. The van der Waals surface area contributed by atoms with Gasteiger partial charge in [-0.25, -0.2) is 0 Å². The summed E-state index contributed by atoms with van der Waals surface area (Å²) in [5.41, 5.74) is 7.51. The second kappa shape index (κ2) is 5.71. The van der Waals surface area contributed by atoms with Crippen LogP contribution in [0.3, 0.4) is 0 Å². The topological polar surface area (TPSA) is 59.2 Å². The molecule has 0 saturated carbocycles. The number of rotatable bonds is 3. The lowest BCUT2D eigenvalue weighted by Crippen LogP contribution is -2.27. The largest absolute Gasteiger partial charge is 0.397 e. The van der Waals surface area contributed by atoms with Crippen molar-refractivity contribution in [2.24, 2.45) is 0 Å². The van der Waals surface area contributed by atoms with Gasteiger partial charge >= 0.3 is 0 Å². The van der Waals surface area contributed by atoms with Crippen LogP contribution < -0.4 is 5.73 Å². The zero-order chi connectivity index (χ0) is 13.8. The van der Waals surface area contributed by atoms with Crippen LogP contribution in [0.1, 0.15) is 15.9 Å². The molecule has 1 aromatic heterocycles. The Morgan fingerprint density at radius 3 is 2.84 bits per heavy atom. The minimum atomic E-state index is -0.163. The summed E-state index contributed by atoms with van der Waals surface area (Å²) in [6.45, 7) is 0.471.